The number of carbonyl (C=O) groups excluding carboxylic acids is 1. The van der Waals surface area contributed by atoms with Crippen LogP contribution in [-0.4, -0.2) is 22.7 Å². The number of aliphatic carboxylic acids is 1. The first-order valence-corrected chi connectivity index (χ1v) is 8.51. The summed E-state index contributed by atoms with van der Waals surface area (Å²) in [6.07, 6.45) is 2.33. The van der Waals surface area contributed by atoms with Gasteiger partial charge in [0, 0.05) is 23.6 Å². The predicted octanol–water partition coefficient (Wildman–Crippen LogP) is 3.80. The summed E-state index contributed by atoms with van der Waals surface area (Å²) in [6.45, 7) is 1.94. The van der Waals surface area contributed by atoms with Gasteiger partial charge in [0.2, 0.25) is 0 Å². The maximum atomic E-state index is 12.3. The van der Waals surface area contributed by atoms with Gasteiger partial charge in [-0.05, 0) is 23.8 Å². The molecule has 0 aliphatic heterocycles. The van der Waals surface area contributed by atoms with Crippen molar-refractivity contribution < 1.29 is 19.1 Å². The molecule has 6 heteroatoms. The molecule has 0 aliphatic carbocycles. The minimum absolute atomic E-state index is 0.154. The summed E-state index contributed by atoms with van der Waals surface area (Å²) in [5.74, 6) is 0.975. The average molecular weight is 333 g/mol. The molecule has 2 aromatic rings. The summed E-state index contributed by atoms with van der Waals surface area (Å²) in [7, 11) is 0. The standard InChI is InChI=1S/C17H19NO4S/c1-2-15-14(6-8-22-15)17(21)18-13-5-3-4-12(10-13)11-23-9-7-16(19)20/h3-6,8,10H,2,7,9,11H2,1H3,(H,18,21)(H,19,20). The van der Waals surface area contributed by atoms with Crippen LogP contribution in [0.2, 0.25) is 0 Å². The van der Waals surface area contributed by atoms with Crippen molar-refractivity contribution in [1.29, 1.82) is 0 Å². The molecule has 0 saturated heterocycles. The molecular weight excluding hydrogens is 314 g/mol. The van der Waals surface area contributed by atoms with Crippen molar-refractivity contribution in [1.82, 2.24) is 0 Å². The lowest BCUT2D eigenvalue weighted by molar-refractivity contribution is -0.136. The lowest BCUT2D eigenvalue weighted by Crippen LogP contribution is -2.12. The van der Waals surface area contributed by atoms with Gasteiger partial charge < -0.3 is 14.8 Å². The van der Waals surface area contributed by atoms with Crippen LogP contribution in [0.4, 0.5) is 5.69 Å². The lowest BCUT2D eigenvalue weighted by Gasteiger charge is -2.07. The first kappa shape index (κ1) is 17.1. The Kier molecular flexibility index (Phi) is 6.29. The number of carboxylic acids is 1. The number of hydrogen-bond acceptors (Lipinski definition) is 4. The van der Waals surface area contributed by atoms with E-state index in [1.807, 2.05) is 31.2 Å². The Morgan fingerprint density at radius 2 is 2.13 bits per heavy atom. The highest BCUT2D eigenvalue weighted by Gasteiger charge is 2.13. The van der Waals surface area contributed by atoms with Gasteiger partial charge in [0.15, 0.2) is 0 Å². The third-order valence-electron chi connectivity index (χ3n) is 3.22. The molecule has 2 N–H and O–H groups in total. The molecule has 1 amide bonds. The average Bonchev–Trinajstić information content (AvgIpc) is 3.00. The Hall–Kier alpha value is -2.21. The lowest BCUT2D eigenvalue weighted by atomic mass is 10.2. The molecule has 0 saturated carbocycles. The normalized spacial score (nSPS) is 10.5. The molecule has 1 aromatic heterocycles. The number of benzene rings is 1. The highest BCUT2D eigenvalue weighted by atomic mass is 32.2. The minimum Gasteiger partial charge on any atom is -0.481 e. The summed E-state index contributed by atoms with van der Waals surface area (Å²) in [5.41, 5.74) is 2.31. The molecule has 0 fully saturated rings. The number of carboxylic acid groups (broad SMARTS) is 1. The van der Waals surface area contributed by atoms with Crippen LogP contribution in [0, 0.1) is 0 Å². The molecule has 0 radical (unpaired) electrons. The topological polar surface area (TPSA) is 79.5 Å². The zero-order valence-corrected chi connectivity index (χ0v) is 13.7. The molecule has 0 aliphatic rings. The number of aryl methyl sites for hydroxylation is 1. The van der Waals surface area contributed by atoms with E-state index in [1.54, 1.807) is 17.8 Å². The first-order chi connectivity index (χ1) is 11.1. The molecular formula is C17H19NO4S. The second-order valence-corrected chi connectivity index (χ2v) is 6.07. The van der Waals surface area contributed by atoms with Gasteiger partial charge in [-0.25, -0.2) is 0 Å². The van der Waals surface area contributed by atoms with Crippen molar-refractivity contribution >= 4 is 29.3 Å². The smallest absolute Gasteiger partial charge is 0.304 e. The first-order valence-electron chi connectivity index (χ1n) is 7.36. The van der Waals surface area contributed by atoms with E-state index < -0.39 is 5.97 Å². The van der Waals surface area contributed by atoms with E-state index in [9.17, 15) is 9.59 Å². The zero-order valence-electron chi connectivity index (χ0n) is 12.9. The summed E-state index contributed by atoms with van der Waals surface area (Å²) in [4.78, 5) is 22.7. The highest BCUT2D eigenvalue weighted by Crippen LogP contribution is 2.19. The fourth-order valence-electron chi connectivity index (χ4n) is 2.10. The largest absolute Gasteiger partial charge is 0.481 e. The van der Waals surface area contributed by atoms with Gasteiger partial charge in [-0.1, -0.05) is 19.1 Å². The monoisotopic (exact) mass is 333 g/mol. The molecule has 0 atom stereocenters. The Labute approximate surface area is 139 Å². The quantitative estimate of drug-likeness (QED) is 0.718. The molecule has 1 aromatic carbocycles. The SMILES string of the molecule is CCc1occc1C(=O)Nc1cccc(CSCCC(=O)O)c1. The van der Waals surface area contributed by atoms with E-state index in [4.69, 9.17) is 9.52 Å². The maximum absolute atomic E-state index is 12.3. The molecule has 0 spiro atoms. The molecule has 23 heavy (non-hydrogen) atoms. The van der Waals surface area contributed by atoms with E-state index >= 15 is 0 Å². The van der Waals surface area contributed by atoms with Crippen molar-refractivity contribution in [3.8, 4) is 0 Å². The summed E-state index contributed by atoms with van der Waals surface area (Å²) >= 11 is 1.56. The van der Waals surface area contributed by atoms with Crippen LogP contribution in [0.25, 0.3) is 0 Å². The van der Waals surface area contributed by atoms with Crippen molar-refractivity contribution in [2.45, 2.75) is 25.5 Å². The highest BCUT2D eigenvalue weighted by molar-refractivity contribution is 7.98. The number of hydrogen-bond donors (Lipinski definition) is 2. The predicted molar refractivity (Wildman–Crippen MR) is 90.9 cm³/mol. The van der Waals surface area contributed by atoms with Gasteiger partial charge in [-0.2, -0.15) is 11.8 Å². The number of anilines is 1. The van der Waals surface area contributed by atoms with Gasteiger partial charge in [-0.3, -0.25) is 9.59 Å². The Balaban J connectivity index is 1.94. The zero-order chi connectivity index (χ0) is 16.7. The van der Waals surface area contributed by atoms with Crippen LogP contribution < -0.4 is 5.32 Å². The van der Waals surface area contributed by atoms with Crippen LogP contribution in [-0.2, 0) is 17.0 Å². The van der Waals surface area contributed by atoms with E-state index in [1.165, 1.54) is 6.26 Å². The van der Waals surface area contributed by atoms with Crippen molar-refractivity contribution in [3.05, 3.63) is 53.5 Å². The number of thioether (sulfide) groups is 1. The molecule has 5 nitrogen and oxygen atoms in total. The maximum Gasteiger partial charge on any atom is 0.304 e. The summed E-state index contributed by atoms with van der Waals surface area (Å²) in [5, 5.41) is 11.5. The van der Waals surface area contributed by atoms with Crippen LogP contribution in [0.15, 0.2) is 41.0 Å². The number of nitrogens with one attached hydrogen (secondary N) is 1. The van der Waals surface area contributed by atoms with Gasteiger partial charge in [0.05, 0.1) is 18.2 Å². The summed E-state index contributed by atoms with van der Waals surface area (Å²) in [6, 6.07) is 9.23. The van der Waals surface area contributed by atoms with Crippen LogP contribution in [0.1, 0.15) is 35.0 Å². The van der Waals surface area contributed by atoms with E-state index in [0.29, 0.717) is 29.3 Å². The van der Waals surface area contributed by atoms with Gasteiger partial charge in [0.25, 0.3) is 5.91 Å². The molecule has 0 bridgehead atoms. The fourth-order valence-corrected chi connectivity index (χ4v) is 2.98. The third kappa shape index (κ3) is 5.17. The van der Waals surface area contributed by atoms with E-state index in [2.05, 4.69) is 5.32 Å². The van der Waals surface area contributed by atoms with E-state index in [0.717, 1.165) is 11.3 Å². The molecule has 0 unspecified atom stereocenters. The van der Waals surface area contributed by atoms with E-state index in [-0.39, 0.29) is 12.3 Å². The number of furan rings is 1. The molecule has 122 valence electrons. The van der Waals surface area contributed by atoms with Crippen molar-refractivity contribution in [2.75, 3.05) is 11.1 Å². The van der Waals surface area contributed by atoms with Gasteiger partial charge in [-0.15, -0.1) is 0 Å². The molecule has 1 heterocycles. The Morgan fingerprint density at radius 1 is 1.30 bits per heavy atom. The third-order valence-corrected chi connectivity index (χ3v) is 4.26. The Bertz CT molecular complexity index is 681. The summed E-state index contributed by atoms with van der Waals surface area (Å²) < 4.78 is 5.27. The Morgan fingerprint density at radius 3 is 2.87 bits per heavy atom. The van der Waals surface area contributed by atoms with Crippen molar-refractivity contribution in [3.63, 3.8) is 0 Å². The van der Waals surface area contributed by atoms with Crippen LogP contribution in [0.5, 0.6) is 0 Å². The van der Waals surface area contributed by atoms with Crippen LogP contribution in [0.3, 0.4) is 0 Å². The number of carbonyl (C=O) groups is 2. The fraction of sp³-hybridized carbons (Fsp3) is 0.294. The number of rotatable bonds is 8. The van der Waals surface area contributed by atoms with Gasteiger partial charge >= 0.3 is 5.97 Å². The minimum atomic E-state index is -0.787. The molecule has 2 rings (SSSR count). The second kappa shape index (κ2) is 8.43. The number of amides is 1. The second-order valence-electron chi connectivity index (χ2n) is 4.96. The van der Waals surface area contributed by atoms with Crippen LogP contribution >= 0.6 is 11.8 Å². The van der Waals surface area contributed by atoms with Crippen molar-refractivity contribution in [2.24, 2.45) is 0 Å². The van der Waals surface area contributed by atoms with Gasteiger partial charge in [0.1, 0.15) is 5.76 Å².